The van der Waals surface area contributed by atoms with Gasteiger partial charge < -0.3 is 4.90 Å². The molecule has 1 aromatic carbocycles. The molecule has 0 saturated carbocycles. The molecule has 0 aliphatic rings. The maximum Gasteiger partial charge on any atom is 0.132 e. The molecule has 2 heterocycles. The van der Waals surface area contributed by atoms with Crippen LogP contribution in [0.25, 0.3) is 6.08 Å². The number of hydrogen-bond acceptors (Lipinski definition) is 3. The highest BCUT2D eigenvalue weighted by Gasteiger charge is 2.10. The van der Waals surface area contributed by atoms with Gasteiger partial charge in [0.05, 0.1) is 6.54 Å². The fourth-order valence-electron chi connectivity index (χ4n) is 2.51. The third kappa shape index (κ3) is 4.30. The van der Waals surface area contributed by atoms with Crippen molar-refractivity contribution in [3.05, 3.63) is 88.3 Å². The number of rotatable bonds is 6. The Morgan fingerprint density at radius 2 is 1.91 bits per heavy atom. The van der Waals surface area contributed by atoms with Gasteiger partial charge in [-0.15, -0.1) is 11.3 Å². The fraction of sp³-hybridized carbons (Fsp3) is 0.150. The van der Waals surface area contributed by atoms with Crippen LogP contribution in [-0.4, -0.2) is 11.5 Å². The standard InChI is InChI=1S/C20H20N2S/c1-17-8-5-13-21-20(17)22(16-19-12-7-15-23-19)14-6-11-18-9-3-2-4-10-18/h2-13,15H,14,16H2,1H3/b11-6+. The van der Waals surface area contributed by atoms with Crippen LogP contribution in [0.4, 0.5) is 5.82 Å². The fourth-order valence-corrected chi connectivity index (χ4v) is 3.22. The lowest BCUT2D eigenvalue weighted by Crippen LogP contribution is -2.24. The number of benzene rings is 1. The second-order valence-electron chi connectivity index (χ2n) is 5.42. The van der Waals surface area contributed by atoms with E-state index in [1.54, 1.807) is 11.3 Å². The van der Waals surface area contributed by atoms with E-state index in [-0.39, 0.29) is 0 Å². The van der Waals surface area contributed by atoms with E-state index in [9.17, 15) is 0 Å². The van der Waals surface area contributed by atoms with Crippen LogP contribution in [0.2, 0.25) is 0 Å². The molecule has 0 atom stereocenters. The SMILES string of the molecule is Cc1cccnc1N(C/C=C/c1ccccc1)Cc1cccs1. The van der Waals surface area contributed by atoms with Crippen molar-refractivity contribution in [2.24, 2.45) is 0 Å². The molecule has 0 aliphatic heterocycles. The molecule has 2 aromatic heterocycles. The highest BCUT2D eigenvalue weighted by Crippen LogP contribution is 2.21. The predicted octanol–water partition coefficient (Wildman–Crippen LogP) is 5.17. The predicted molar refractivity (Wildman–Crippen MR) is 99.8 cm³/mol. The van der Waals surface area contributed by atoms with Gasteiger partial charge in [-0.25, -0.2) is 4.98 Å². The summed E-state index contributed by atoms with van der Waals surface area (Å²) in [6.07, 6.45) is 6.24. The molecular weight excluding hydrogens is 300 g/mol. The Morgan fingerprint density at radius 3 is 2.65 bits per heavy atom. The van der Waals surface area contributed by atoms with Crippen LogP contribution in [0.15, 0.2) is 72.3 Å². The Morgan fingerprint density at radius 1 is 1.04 bits per heavy atom. The second kappa shape index (κ2) is 7.75. The Labute approximate surface area is 141 Å². The number of anilines is 1. The largest absolute Gasteiger partial charge is 0.348 e. The van der Waals surface area contributed by atoms with Crippen LogP contribution < -0.4 is 4.90 Å². The van der Waals surface area contributed by atoms with Gasteiger partial charge in [-0.05, 0) is 35.6 Å². The third-order valence-electron chi connectivity index (χ3n) is 3.64. The first-order valence-corrected chi connectivity index (χ1v) is 8.61. The van der Waals surface area contributed by atoms with E-state index < -0.39 is 0 Å². The average Bonchev–Trinajstić information content (AvgIpc) is 3.09. The summed E-state index contributed by atoms with van der Waals surface area (Å²) in [6, 6.07) is 18.8. The first kappa shape index (κ1) is 15.5. The lowest BCUT2D eigenvalue weighted by molar-refractivity contribution is 0.853. The molecule has 2 nitrogen and oxygen atoms in total. The van der Waals surface area contributed by atoms with Gasteiger partial charge >= 0.3 is 0 Å². The zero-order valence-electron chi connectivity index (χ0n) is 13.2. The Hall–Kier alpha value is -2.39. The Bertz CT molecular complexity index is 748. The topological polar surface area (TPSA) is 16.1 Å². The first-order valence-electron chi connectivity index (χ1n) is 7.73. The van der Waals surface area contributed by atoms with Gasteiger partial charge in [0, 0.05) is 17.6 Å². The Kier molecular flexibility index (Phi) is 5.22. The maximum atomic E-state index is 4.58. The van der Waals surface area contributed by atoms with Crippen molar-refractivity contribution in [3.8, 4) is 0 Å². The van der Waals surface area contributed by atoms with Gasteiger partial charge in [0.25, 0.3) is 0 Å². The lowest BCUT2D eigenvalue weighted by Gasteiger charge is -2.23. The van der Waals surface area contributed by atoms with Crippen LogP contribution in [0.3, 0.4) is 0 Å². The smallest absolute Gasteiger partial charge is 0.132 e. The average molecular weight is 320 g/mol. The van der Waals surface area contributed by atoms with Crippen molar-refractivity contribution in [2.45, 2.75) is 13.5 Å². The maximum absolute atomic E-state index is 4.58. The number of aromatic nitrogens is 1. The summed E-state index contributed by atoms with van der Waals surface area (Å²) in [7, 11) is 0. The van der Waals surface area contributed by atoms with Crippen LogP contribution >= 0.6 is 11.3 Å². The van der Waals surface area contributed by atoms with Crippen molar-refractivity contribution in [3.63, 3.8) is 0 Å². The molecule has 3 heteroatoms. The van der Waals surface area contributed by atoms with Crippen molar-refractivity contribution in [1.82, 2.24) is 4.98 Å². The van der Waals surface area contributed by atoms with Crippen molar-refractivity contribution in [1.29, 1.82) is 0 Å². The summed E-state index contributed by atoms with van der Waals surface area (Å²) in [5.41, 5.74) is 2.43. The van der Waals surface area contributed by atoms with Crippen LogP contribution in [0.1, 0.15) is 16.0 Å². The number of aryl methyl sites for hydroxylation is 1. The molecule has 0 bridgehead atoms. The van der Waals surface area contributed by atoms with E-state index in [0.717, 1.165) is 18.9 Å². The normalized spacial score (nSPS) is 11.0. The molecule has 116 valence electrons. The summed E-state index contributed by atoms with van der Waals surface area (Å²) in [4.78, 5) is 8.25. The zero-order chi connectivity index (χ0) is 15.9. The molecule has 0 fully saturated rings. The van der Waals surface area contributed by atoms with Gasteiger partial charge in [0.15, 0.2) is 0 Å². The molecule has 0 saturated heterocycles. The van der Waals surface area contributed by atoms with E-state index in [4.69, 9.17) is 0 Å². The van der Waals surface area contributed by atoms with E-state index in [0.29, 0.717) is 0 Å². The monoisotopic (exact) mass is 320 g/mol. The molecule has 23 heavy (non-hydrogen) atoms. The van der Waals surface area contributed by atoms with Crippen LogP contribution in [0.5, 0.6) is 0 Å². The number of hydrogen-bond donors (Lipinski definition) is 0. The molecule has 0 unspecified atom stereocenters. The van der Waals surface area contributed by atoms with Crippen molar-refractivity contribution >= 4 is 23.2 Å². The minimum atomic E-state index is 0.838. The molecule has 0 radical (unpaired) electrons. The number of pyridine rings is 1. The quantitative estimate of drug-likeness (QED) is 0.623. The van der Waals surface area contributed by atoms with Gasteiger partial charge in [-0.2, -0.15) is 0 Å². The third-order valence-corrected chi connectivity index (χ3v) is 4.50. The number of nitrogens with zero attached hydrogens (tertiary/aromatic N) is 2. The highest BCUT2D eigenvalue weighted by atomic mass is 32.1. The van der Waals surface area contributed by atoms with E-state index in [2.05, 4.69) is 76.8 Å². The molecule has 0 amide bonds. The lowest BCUT2D eigenvalue weighted by atomic mass is 10.2. The first-order chi connectivity index (χ1) is 11.3. The van der Waals surface area contributed by atoms with Crippen molar-refractivity contribution < 1.29 is 0 Å². The molecule has 0 spiro atoms. The second-order valence-corrected chi connectivity index (χ2v) is 6.45. The highest BCUT2D eigenvalue weighted by molar-refractivity contribution is 7.09. The van der Waals surface area contributed by atoms with Crippen LogP contribution in [-0.2, 0) is 6.54 Å². The van der Waals surface area contributed by atoms with E-state index >= 15 is 0 Å². The minimum absolute atomic E-state index is 0.838. The zero-order valence-corrected chi connectivity index (χ0v) is 14.0. The van der Waals surface area contributed by atoms with Gasteiger partial charge in [0.2, 0.25) is 0 Å². The van der Waals surface area contributed by atoms with Crippen molar-refractivity contribution in [2.75, 3.05) is 11.4 Å². The molecule has 0 N–H and O–H groups in total. The summed E-state index contributed by atoms with van der Waals surface area (Å²) in [5, 5.41) is 2.12. The summed E-state index contributed by atoms with van der Waals surface area (Å²) in [5.74, 6) is 1.05. The van der Waals surface area contributed by atoms with E-state index in [1.165, 1.54) is 16.0 Å². The molecule has 0 aliphatic carbocycles. The van der Waals surface area contributed by atoms with E-state index in [1.807, 2.05) is 18.3 Å². The van der Waals surface area contributed by atoms with Gasteiger partial charge in [-0.3, -0.25) is 0 Å². The summed E-state index contributed by atoms with van der Waals surface area (Å²) >= 11 is 1.79. The Balaban J connectivity index is 1.78. The molecule has 3 aromatic rings. The van der Waals surface area contributed by atoms with Crippen LogP contribution in [0, 0.1) is 6.92 Å². The minimum Gasteiger partial charge on any atom is -0.348 e. The van der Waals surface area contributed by atoms with Gasteiger partial charge in [-0.1, -0.05) is 54.6 Å². The molecular formula is C20H20N2S. The number of thiophene rings is 1. The summed E-state index contributed by atoms with van der Waals surface area (Å²) in [6.45, 7) is 3.84. The summed E-state index contributed by atoms with van der Waals surface area (Å²) < 4.78 is 0. The van der Waals surface area contributed by atoms with Gasteiger partial charge in [0.1, 0.15) is 5.82 Å². The molecule has 3 rings (SSSR count).